The van der Waals surface area contributed by atoms with Crippen molar-refractivity contribution < 1.29 is 19.1 Å². The Morgan fingerprint density at radius 3 is 2.00 bits per heavy atom. The number of carbonyl (C=O) groups excluding carboxylic acids is 2. The zero-order chi connectivity index (χ0) is 29.0. The van der Waals surface area contributed by atoms with Gasteiger partial charge in [0.05, 0.1) is 5.56 Å². The lowest BCUT2D eigenvalue weighted by molar-refractivity contribution is 0.0450. The van der Waals surface area contributed by atoms with E-state index in [0.717, 1.165) is 23.1 Å². The Morgan fingerprint density at radius 2 is 1.37 bits per heavy atom. The highest BCUT2D eigenvalue weighted by Gasteiger charge is 2.09. The lowest BCUT2D eigenvalue weighted by Gasteiger charge is -2.08. The minimum Gasteiger partial charge on any atom is -0.490 e. The molecule has 4 aromatic carbocycles. The maximum Gasteiger partial charge on any atom is 0.338 e. The second-order valence-electron chi connectivity index (χ2n) is 9.87. The molecule has 0 aliphatic heterocycles. The van der Waals surface area contributed by atoms with Gasteiger partial charge in [-0.05, 0) is 71.5 Å². The first-order chi connectivity index (χ1) is 19.9. The zero-order valence-electron chi connectivity index (χ0n) is 23.3. The molecule has 4 N–H and O–H groups in total. The van der Waals surface area contributed by atoms with Crippen LogP contribution in [-0.4, -0.2) is 25.0 Å². The minimum atomic E-state index is -0.515. The third-order valence-corrected chi connectivity index (χ3v) is 6.63. The number of esters is 1. The minimum absolute atomic E-state index is 0.0631. The summed E-state index contributed by atoms with van der Waals surface area (Å²) in [5.41, 5.74) is 17.6. The SMILES string of the molecule is CCCCCc1ccc(-c2ccc(C(=O)/C=C/c3ccc(OCCOC(=O)c4cc(N)cc(N)c4)cc3)cc2)cc1. The van der Waals surface area contributed by atoms with E-state index in [2.05, 4.69) is 31.2 Å². The number of aryl methyl sites for hydroxylation is 1. The molecule has 4 aromatic rings. The molecule has 0 fully saturated rings. The highest BCUT2D eigenvalue weighted by Crippen LogP contribution is 2.22. The largest absolute Gasteiger partial charge is 0.490 e. The van der Waals surface area contributed by atoms with Crippen LogP contribution in [0.15, 0.2) is 97.1 Å². The van der Waals surface area contributed by atoms with Crippen molar-refractivity contribution in [3.05, 3.63) is 119 Å². The van der Waals surface area contributed by atoms with Crippen molar-refractivity contribution in [2.75, 3.05) is 24.7 Å². The lowest BCUT2D eigenvalue weighted by Crippen LogP contribution is -2.13. The summed E-state index contributed by atoms with van der Waals surface area (Å²) in [4.78, 5) is 24.8. The number of carbonyl (C=O) groups is 2. The summed E-state index contributed by atoms with van der Waals surface area (Å²) < 4.78 is 10.9. The number of hydrogen-bond donors (Lipinski definition) is 2. The molecule has 0 radical (unpaired) electrons. The number of ketones is 1. The second kappa shape index (κ2) is 14.5. The van der Waals surface area contributed by atoms with Crippen LogP contribution in [0, 0.1) is 0 Å². The Morgan fingerprint density at radius 1 is 0.732 bits per heavy atom. The normalized spacial score (nSPS) is 11.0. The third kappa shape index (κ3) is 8.83. The predicted molar refractivity (Wildman–Crippen MR) is 166 cm³/mol. The Labute approximate surface area is 241 Å². The van der Waals surface area contributed by atoms with Crippen LogP contribution in [0.25, 0.3) is 17.2 Å². The number of anilines is 2. The maximum atomic E-state index is 12.7. The fourth-order valence-corrected chi connectivity index (χ4v) is 4.38. The molecular formula is C35H36N2O4. The number of nitrogen functional groups attached to an aromatic ring is 2. The van der Waals surface area contributed by atoms with E-state index in [1.807, 2.05) is 36.4 Å². The molecule has 0 atom stereocenters. The van der Waals surface area contributed by atoms with E-state index in [0.29, 0.717) is 28.3 Å². The smallest absolute Gasteiger partial charge is 0.338 e. The van der Waals surface area contributed by atoms with Gasteiger partial charge in [-0.2, -0.15) is 0 Å². The molecule has 0 aliphatic carbocycles. The van der Waals surface area contributed by atoms with Gasteiger partial charge >= 0.3 is 5.97 Å². The van der Waals surface area contributed by atoms with Crippen molar-refractivity contribution in [1.82, 2.24) is 0 Å². The molecule has 0 unspecified atom stereocenters. The molecule has 0 saturated heterocycles. The quantitative estimate of drug-likeness (QED) is 0.0594. The molecule has 0 aliphatic rings. The van der Waals surface area contributed by atoms with Gasteiger partial charge in [-0.15, -0.1) is 0 Å². The zero-order valence-corrected chi connectivity index (χ0v) is 23.3. The van der Waals surface area contributed by atoms with Crippen molar-refractivity contribution in [2.45, 2.75) is 32.6 Å². The first kappa shape index (κ1) is 29.2. The van der Waals surface area contributed by atoms with Crippen molar-refractivity contribution in [2.24, 2.45) is 0 Å². The molecule has 210 valence electrons. The van der Waals surface area contributed by atoms with Crippen LogP contribution in [0.3, 0.4) is 0 Å². The van der Waals surface area contributed by atoms with Crippen molar-refractivity contribution in [1.29, 1.82) is 0 Å². The lowest BCUT2D eigenvalue weighted by atomic mass is 9.99. The number of unbranched alkanes of at least 4 members (excludes halogenated alkanes) is 2. The molecule has 0 aromatic heterocycles. The van der Waals surface area contributed by atoms with Gasteiger partial charge in [0.25, 0.3) is 0 Å². The standard InChI is InChI=1S/C35H36N2O4/c1-2-3-4-5-25-6-11-27(12-7-25)28-13-15-29(16-14-28)34(38)19-10-26-8-17-33(18-9-26)40-20-21-41-35(39)30-22-31(36)24-32(37)23-30/h6-19,22-24H,2-5,20-21,36-37H2,1H3/b19-10+. The Hall–Kier alpha value is -4.84. The van der Waals surface area contributed by atoms with E-state index >= 15 is 0 Å². The topological polar surface area (TPSA) is 105 Å². The fraction of sp³-hybridized carbons (Fsp3) is 0.200. The molecule has 0 saturated carbocycles. The second-order valence-corrected chi connectivity index (χ2v) is 9.87. The number of hydrogen-bond acceptors (Lipinski definition) is 6. The van der Waals surface area contributed by atoms with Gasteiger partial charge in [0.1, 0.15) is 19.0 Å². The Kier molecular flexibility index (Phi) is 10.3. The Balaban J connectivity index is 1.23. The van der Waals surface area contributed by atoms with Gasteiger partial charge < -0.3 is 20.9 Å². The van der Waals surface area contributed by atoms with Crippen LogP contribution in [0.4, 0.5) is 11.4 Å². The summed E-state index contributed by atoms with van der Waals surface area (Å²) in [6, 6.07) is 28.3. The van der Waals surface area contributed by atoms with E-state index < -0.39 is 5.97 Å². The predicted octanol–water partition coefficient (Wildman–Crippen LogP) is 7.38. The van der Waals surface area contributed by atoms with E-state index in [4.69, 9.17) is 20.9 Å². The number of rotatable bonds is 13. The van der Waals surface area contributed by atoms with Crippen LogP contribution < -0.4 is 16.2 Å². The highest BCUT2D eigenvalue weighted by molar-refractivity contribution is 6.07. The average Bonchev–Trinajstić information content (AvgIpc) is 2.98. The highest BCUT2D eigenvalue weighted by atomic mass is 16.6. The summed E-state index contributed by atoms with van der Waals surface area (Å²) in [7, 11) is 0. The number of allylic oxidation sites excluding steroid dienone is 1. The van der Waals surface area contributed by atoms with Crippen molar-refractivity contribution in [3.8, 4) is 16.9 Å². The molecule has 6 heteroatoms. The van der Waals surface area contributed by atoms with E-state index in [1.54, 1.807) is 30.4 Å². The van der Waals surface area contributed by atoms with Crippen molar-refractivity contribution in [3.63, 3.8) is 0 Å². The van der Waals surface area contributed by atoms with Crippen LogP contribution in [0.2, 0.25) is 0 Å². The summed E-state index contributed by atoms with van der Waals surface area (Å²) >= 11 is 0. The molecule has 0 amide bonds. The first-order valence-electron chi connectivity index (χ1n) is 13.9. The molecule has 0 heterocycles. The van der Waals surface area contributed by atoms with Crippen LogP contribution in [0.5, 0.6) is 5.75 Å². The van der Waals surface area contributed by atoms with Gasteiger partial charge in [0, 0.05) is 16.9 Å². The molecular weight excluding hydrogens is 512 g/mol. The van der Waals surface area contributed by atoms with Gasteiger partial charge in [0.15, 0.2) is 5.78 Å². The number of ether oxygens (including phenoxy) is 2. The summed E-state index contributed by atoms with van der Waals surface area (Å²) in [5, 5.41) is 0. The monoisotopic (exact) mass is 548 g/mol. The molecule has 0 spiro atoms. The molecule has 6 nitrogen and oxygen atoms in total. The third-order valence-electron chi connectivity index (χ3n) is 6.63. The van der Waals surface area contributed by atoms with Gasteiger partial charge in [-0.3, -0.25) is 4.79 Å². The average molecular weight is 549 g/mol. The van der Waals surface area contributed by atoms with Gasteiger partial charge in [0.2, 0.25) is 0 Å². The maximum absolute atomic E-state index is 12.7. The first-order valence-corrected chi connectivity index (χ1v) is 13.9. The molecule has 41 heavy (non-hydrogen) atoms. The van der Waals surface area contributed by atoms with Gasteiger partial charge in [-0.25, -0.2) is 4.79 Å². The molecule has 0 bridgehead atoms. The van der Waals surface area contributed by atoms with Crippen molar-refractivity contribution >= 4 is 29.2 Å². The summed E-state index contributed by atoms with van der Waals surface area (Å²) in [6.45, 7) is 2.48. The summed E-state index contributed by atoms with van der Waals surface area (Å²) in [5.74, 6) is 0.0495. The number of nitrogens with two attached hydrogens (primary N) is 2. The summed E-state index contributed by atoms with van der Waals surface area (Å²) in [6.07, 6.45) is 8.17. The van der Waals surface area contributed by atoms with Crippen LogP contribution in [0.1, 0.15) is 58.0 Å². The van der Waals surface area contributed by atoms with Crippen LogP contribution in [-0.2, 0) is 11.2 Å². The van der Waals surface area contributed by atoms with E-state index in [1.165, 1.54) is 37.0 Å². The van der Waals surface area contributed by atoms with E-state index in [-0.39, 0.29) is 19.0 Å². The Bertz CT molecular complexity index is 1450. The van der Waals surface area contributed by atoms with E-state index in [9.17, 15) is 9.59 Å². The van der Waals surface area contributed by atoms with Gasteiger partial charge in [-0.1, -0.05) is 86.5 Å². The molecule has 4 rings (SSSR count). The number of benzene rings is 4. The van der Waals surface area contributed by atoms with Crippen LogP contribution >= 0.6 is 0 Å². The fourth-order valence-electron chi connectivity index (χ4n) is 4.38.